The summed E-state index contributed by atoms with van der Waals surface area (Å²) in [5, 5.41) is 15.4. The van der Waals surface area contributed by atoms with E-state index in [1.165, 1.54) is 0 Å². The summed E-state index contributed by atoms with van der Waals surface area (Å²) in [6, 6.07) is 17.4. The van der Waals surface area contributed by atoms with Gasteiger partial charge in [-0.05, 0) is 42.5 Å². The number of carboxylic acid groups (broad SMARTS) is 1. The van der Waals surface area contributed by atoms with Gasteiger partial charge < -0.3 is 20.6 Å². The SMILES string of the molecule is CN(CC(=O)NC1CCCC1)c1nc(Cc2ccc(NC(=O)CCc3ccccc3)cc2)nc(Cl)c1CC(=O)O. The number of nitrogens with one attached hydrogen (secondary N) is 2. The molecule has 4 rings (SSSR count). The number of halogens is 1. The number of benzene rings is 2. The fourth-order valence-corrected chi connectivity index (χ4v) is 5.08. The van der Waals surface area contributed by atoms with Crippen LogP contribution in [0.2, 0.25) is 5.15 Å². The Morgan fingerprint density at radius 2 is 1.68 bits per heavy atom. The molecular formula is C30H34ClN5O4. The van der Waals surface area contributed by atoms with Crippen molar-refractivity contribution in [2.75, 3.05) is 23.8 Å². The minimum Gasteiger partial charge on any atom is -0.481 e. The van der Waals surface area contributed by atoms with E-state index in [9.17, 15) is 19.5 Å². The van der Waals surface area contributed by atoms with E-state index in [0.29, 0.717) is 36.6 Å². The molecule has 1 aliphatic carbocycles. The highest BCUT2D eigenvalue weighted by molar-refractivity contribution is 6.30. The lowest BCUT2D eigenvalue weighted by Crippen LogP contribution is -2.40. The van der Waals surface area contributed by atoms with Gasteiger partial charge in [-0.2, -0.15) is 0 Å². The molecule has 2 amide bonds. The van der Waals surface area contributed by atoms with E-state index in [2.05, 4.69) is 20.6 Å². The molecule has 1 saturated carbocycles. The van der Waals surface area contributed by atoms with Crippen molar-refractivity contribution in [1.29, 1.82) is 0 Å². The normalized spacial score (nSPS) is 13.2. The minimum atomic E-state index is -1.07. The number of amides is 2. The van der Waals surface area contributed by atoms with Crippen LogP contribution >= 0.6 is 11.6 Å². The molecular weight excluding hydrogens is 530 g/mol. The lowest BCUT2D eigenvalue weighted by molar-refractivity contribution is -0.136. The van der Waals surface area contributed by atoms with Crippen molar-refractivity contribution in [2.24, 2.45) is 0 Å². The number of aryl methyl sites for hydroxylation is 1. The highest BCUT2D eigenvalue weighted by atomic mass is 35.5. The number of carbonyl (C=O) groups excluding carboxylic acids is 2. The third-order valence-electron chi connectivity index (χ3n) is 6.86. The van der Waals surface area contributed by atoms with Gasteiger partial charge in [0.15, 0.2) is 0 Å². The number of aliphatic carboxylic acids is 1. The summed E-state index contributed by atoms with van der Waals surface area (Å²) >= 11 is 6.43. The first-order valence-corrected chi connectivity index (χ1v) is 13.8. The van der Waals surface area contributed by atoms with Gasteiger partial charge >= 0.3 is 5.97 Å². The van der Waals surface area contributed by atoms with Crippen LogP contribution in [-0.2, 0) is 33.6 Å². The van der Waals surface area contributed by atoms with E-state index < -0.39 is 5.97 Å². The maximum absolute atomic E-state index is 12.6. The van der Waals surface area contributed by atoms with Crippen LogP contribution in [0.4, 0.5) is 11.5 Å². The van der Waals surface area contributed by atoms with Crippen molar-refractivity contribution in [3.63, 3.8) is 0 Å². The van der Waals surface area contributed by atoms with Gasteiger partial charge in [0, 0.05) is 37.2 Å². The number of carbonyl (C=O) groups is 3. The van der Waals surface area contributed by atoms with Crippen molar-refractivity contribution >= 4 is 40.9 Å². The number of rotatable bonds is 12. The highest BCUT2D eigenvalue weighted by Gasteiger charge is 2.22. The summed E-state index contributed by atoms with van der Waals surface area (Å²) in [5.41, 5.74) is 2.95. The maximum Gasteiger partial charge on any atom is 0.308 e. The van der Waals surface area contributed by atoms with Gasteiger partial charge in [0.05, 0.1) is 13.0 Å². The zero-order chi connectivity index (χ0) is 28.5. The summed E-state index contributed by atoms with van der Waals surface area (Å²) < 4.78 is 0. The average Bonchev–Trinajstić information content (AvgIpc) is 3.43. The topological polar surface area (TPSA) is 125 Å². The molecule has 3 aromatic rings. The fourth-order valence-electron chi connectivity index (χ4n) is 4.83. The molecule has 1 heterocycles. The second-order valence-electron chi connectivity index (χ2n) is 10.1. The number of hydrogen-bond donors (Lipinski definition) is 3. The predicted octanol–water partition coefficient (Wildman–Crippen LogP) is 4.41. The van der Waals surface area contributed by atoms with Gasteiger partial charge in [-0.3, -0.25) is 14.4 Å². The molecule has 0 atom stereocenters. The van der Waals surface area contributed by atoms with Crippen molar-refractivity contribution in [3.8, 4) is 0 Å². The van der Waals surface area contributed by atoms with Crippen LogP contribution in [0.25, 0.3) is 0 Å². The molecule has 10 heteroatoms. The lowest BCUT2D eigenvalue weighted by Gasteiger charge is -2.22. The number of carboxylic acids is 1. The van der Waals surface area contributed by atoms with Crippen LogP contribution in [0.1, 0.15) is 54.6 Å². The third kappa shape index (κ3) is 8.51. The van der Waals surface area contributed by atoms with Crippen LogP contribution in [-0.4, -0.2) is 52.5 Å². The van der Waals surface area contributed by atoms with E-state index >= 15 is 0 Å². The molecule has 40 heavy (non-hydrogen) atoms. The Labute approximate surface area is 239 Å². The number of hydrogen-bond acceptors (Lipinski definition) is 6. The number of anilines is 2. The maximum atomic E-state index is 12.6. The molecule has 0 unspecified atom stereocenters. The van der Waals surface area contributed by atoms with Gasteiger partial charge in [0.1, 0.15) is 16.8 Å². The van der Waals surface area contributed by atoms with Crippen LogP contribution < -0.4 is 15.5 Å². The molecule has 0 saturated heterocycles. The monoisotopic (exact) mass is 563 g/mol. The zero-order valence-electron chi connectivity index (χ0n) is 22.5. The molecule has 1 aromatic heterocycles. The largest absolute Gasteiger partial charge is 0.481 e. The first kappa shape index (κ1) is 29.0. The van der Waals surface area contributed by atoms with Gasteiger partial charge in [-0.1, -0.05) is 66.9 Å². The molecule has 1 aliphatic rings. The molecule has 0 spiro atoms. The Kier molecular flexibility index (Phi) is 10.1. The summed E-state index contributed by atoms with van der Waals surface area (Å²) in [4.78, 5) is 47.1. The Morgan fingerprint density at radius 3 is 2.35 bits per heavy atom. The number of likely N-dealkylation sites (N-methyl/N-ethyl adjacent to an activating group) is 1. The Balaban J connectivity index is 1.41. The van der Waals surface area contributed by atoms with Crippen molar-refractivity contribution in [1.82, 2.24) is 15.3 Å². The first-order valence-electron chi connectivity index (χ1n) is 13.5. The molecule has 0 aliphatic heterocycles. The van der Waals surface area contributed by atoms with E-state index in [1.807, 2.05) is 54.6 Å². The number of aromatic nitrogens is 2. The average molecular weight is 564 g/mol. The van der Waals surface area contributed by atoms with Gasteiger partial charge in [-0.15, -0.1) is 0 Å². The smallest absolute Gasteiger partial charge is 0.308 e. The standard InChI is InChI=1S/C30H34ClN5O4/c1-36(19-27(38)33-22-9-5-6-10-22)30-24(18-28(39)40)29(31)34-25(35-30)17-21-11-14-23(15-12-21)32-26(37)16-13-20-7-3-2-4-8-20/h2-4,7-8,11-12,14-15,22H,5-6,9-10,13,16-19H2,1H3,(H,32,37)(H,33,38)(H,39,40). The highest BCUT2D eigenvalue weighted by Crippen LogP contribution is 2.26. The third-order valence-corrected chi connectivity index (χ3v) is 7.17. The van der Waals surface area contributed by atoms with E-state index in [0.717, 1.165) is 36.8 Å². The fraction of sp³-hybridized carbons (Fsp3) is 0.367. The Bertz CT molecular complexity index is 1330. The van der Waals surface area contributed by atoms with Crippen LogP contribution in [0.15, 0.2) is 54.6 Å². The van der Waals surface area contributed by atoms with Gasteiger partial charge in [0.25, 0.3) is 0 Å². The van der Waals surface area contributed by atoms with Crippen molar-refractivity contribution < 1.29 is 19.5 Å². The zero-order valence-corrected chi connectivity index (χ0v) is 23.3. The van der Waals surface area contributed by atoms with Crippen LogP contribution in [0.5, 0.6) is 0 Å². The van der Waals surface area contributed by atoms with E-state index in [4.69, 9.17) is 11.6 Å². The Hall–Kier alpha value is -3.98. The summed E-state index contributed by atoms with van der Waals surface area (Å²) in [6.07, 6.45) is 5.19. The first-order chi connectivity index (χ1) is 19.3. The lowest BCUT2D eigenvalue weighted by atomic mass is 10.1. The quantitative estimate of drug-likeness (QED) is 0.279. The summed E-state index contributed by atoms with van der Waals surface area (Å²) in [5.74, 6) is -0.554. The van der Waals surface area contributed by atoms with E-state index in [-0.39, 0.29) is 41.5 Å². The molecule has 3 N–H and O–H groups in total. The molecule has 210 valence electrons. The van der Waals surface area contributed by atoms with Crippen LogP contribution in [0, 0.1) is 0 Å². The molecule has 9 nitrogen and oxygen atoms in total. The van der Waals surface area contributed by atoms with Crippen molar-refractivity contribution in [3.05, 3.63) is 82.3 Å². The predicted molar refractivity (Wildman–Crippen MR) is 155 cm³/mol. The summed E-state index contributed by atoms with van der Waals surface area (Å²) in [6.45, 7) is 0.0224. The Morgan fingerprint density at radius 1 is 0.975 bits per heavy atom. The summed E-state index contributed by atoms with van der Waals surface area (Å²) in [7, 11) is 1.69. The van der Waals surface area contributed by atoms with Gasteiger partial charge in [0.2, 0.25) is 11.8 Å². The van der Waals surface area contributed by atoms with E-state index in [1.54, 1.807) is 11.9 Å². The minimum absolute atomic E-state index is 0.0224. The van der Waals surface area contributed by atoms with Crippen molar-refractivity contribution in [2.45, 2.75) is 57.4 Å². The molecule has 0 bridgehead atoms. The molecule has 0 radical (unpaired) electrons. The van der Waals surface area contributed by atoms with Crippen LogP contribution in [0.3, 0.4) is 0 Å². The molecule has 1 fully saturated rings. The molecule has 2 aromatic carbocycles. The van der Waals surface area contributed by atoms with Gasteiger partial charge in [-0.25, -0.2) is 9.97 Å². The second kappa shape index (κ2) is 13.9. The second-order valence-corrected chi connectivity index (χ2v) is 10.5. The number of nitrogens with zero attached hydrogens (tertiary/aromatic N) is 3.